The highest BCUT2D eigenvalue weighted by Crippen LogP contribution is 2.38. The van der Waals surface area contributed by atoms with E-state index in [1.807, 2.05) is 58.2 Å². The van der Waals surface area contributed by atoms with Gasteiger partial charge in [0.25, 0.3) is 0 Å². The van der Waals surface area contributed by atoms with Crippen LogP contribution in [0.1, 0.15) is 33.3 Å². The number of hydrogen-bond donors (Lipinski definition) is 2. The zero-order valence-electron chi connectivity index (χ0n) is 13.5. The van der Waals surface area contributed by atoms with Crippen molar-refractivity contribution in [2.24, 2.45) is 0 Å². The normalized spacial score (nSPS) is 20.8. The summed E-state index contributed by atoms with van der Waals surface area (Å²) in [5.74, 6) is 0. The Balaban J connectivity index is 1.97. The fourth-order valence-corrected chi connectivity index (χ4v) is 2.61. The highest BCUT2D eigenvalue weighted by molar-refractivity contribution is 6.55. The lowest BCUT2D eigenvalue weighted by Crippen LogP contribution is -2.41. The van der Waals surface area contributed by atoms with Crippen molar-refractivity contribution in [1.82, 2.24) is 4.98 Å². The Labute approximate surface area is 131 Å². The molecule has 4 nitrogen and oxygen atoms in total. The molecular formula is C17H22BNO3. The number of aromatic nitrogens is 1. The third kappa shape index (κ3) is 2.49. The molecule has 5 heteroatoms. The van der Waals surface area contributed by atoms with Gasteiger partial charge in [-0.3, -0.25) is 0 Å². The Hall–Kier alpha value is -1.56. The van der Waals surface area contributed by atoms with E-state index in [1.54, 1.807) is 0 Å². The van der Waals surface area contributed by atoms with Crippen molar-refractivity contribution in [3.63, 3.8) is 0 Å². The van der Waals surface area contributed by atoms with Gasteiger partial charge in [-0.1, -0.05) is 24.3 Å². The fourth-order valence-electron chi connectivity index (χ4n) is 2.61. The number of hydrogen-bond acceptors (Lipinski definition) is 3. The van der Waals surface area contributed by atoms with E-state index in [2.05, 4.69) is 11.1 Å². The lowest BCUT2D eigenvalue weighted by molar-refractivity contribution is 0.00578. The van der Waals surface area contributed by atoms with Gasteiger partial charge in [0, 0.05) is 6.20 Å². The summed E-state index contributed by atoms with van der Waals surface area (Å²) in [7, 11) is -0.528. The topological polar surface area (TPSA) is 54.5 Å². The molecule has 0 aliphatic carbocycles. The standard InChI is InChI=1S/C17H22BNO3/c1-16(2)17(3,4)22-18(21-16)14(11-20)10-13-7-5-6-12-8-9-19-15(12)13/h5-10,19-20H,11H2,1-4H3. The first-order valence-corrected chi connectivity index (χ1v) is 7.57. The second-order valence-corrected chi connectivity index (χ2v) is 6.75. The number of rotatable bonds is 3. The van der Waals surface area contributed by atoms with E-state index in [0.29, 0.717) is 0 Å². The molecule has 2 aromatic rings. The molecule has 3 rings (SSSR count). The van der Waals surface area contributed by atoms with Gasteiger partial charge in [-0.05, 0) is 50.2 Å². The number of fused-ring (bicyclic) bond motifs is 1. The summed E-state index contributed by atoms with van der Waals surface area (Å²) in [5, 5.41) is 10.9. The van der Waals surface area contributed by atoms with Crippen LogP contribution in [0, 0.1) is 0 Å². The van der Waals surface area contributed by atoms with Crippen LogP contribution in [0.5, 0.6) is 0 Å². The van der Waals surface area contributed by atoms with Crippen molar-refractivity contribution in [1.29, 1.82) is 0 Å². The number of nitrogens with one attached hydrogen (secondary N) is 1. The maximum absolute atomic E-state index is 9.77. The second-order valence-electron chi connectivity index (χ2n) is 6.75. The van der Waals surface area contributed by atoms with Crippen LogP contribution in [-0.4, -0.2) is 35.0 Å². The van der Waals surface area contributed by atoms with Crippen molar-refractivity contribution in [3.8, 4) is 0 Å². The first kappa shape index (κ1) is 15.3. The van der Waals surface area contributed by atoms with Crippen LogP contribution in [0.2, 0.25) is 0 Å². The molecule has 1 aromatic carbocycles. The van der Waals surface area contributed by atoms with Crippen molar-refractivity contribution in [3.05, 3.63) is 41.5 Å². The maximum atomic E-state index is 9.77. The smallest absolute Gasteiger partial charge is 0.400 e. The molecule has 0 atom stereocenters. The molecule has 2 heterocycles. The van der Waals surface area contributed by atoms with Crippen LogP contribution in [0.3, 0.4) is 0 Å². The molecular weight excluding hydrogens is 277 g/mol. The predicted molar refractivity (Wildman–Crippen MR) is 89.4 cm³/mol. The SMILES string of the molecule is CC1(C)OB(C(=Cc2cccc3cc[nH]c23)CO)OC1(C)C. The average molecular weight is 299 g/mol. The Morgan fingerprint density at radius 2 is 1.86 bits per heavy atom. The minimum absolute atomic E-state index is 0.103. The van der Waals surface area contributed by atoms with Crippen LogP contribution < -0.4 is 0 Å². The molecule has 1 aliphatic rings. The summed E-state index contributed by atoms with van der Waals surface area (Å²) < 4.78 is 12.0. The van der Waals surface area contributed by atoms with E-state index in [9.17, 15) is 5.11 Å². The van der Waals surface area contributed by atoms with E-state index in [-0.39, 0.29) is 6.61 Å². The quantitative estimate of drug-likeness (QED) is 0.856. The van der Waals surface area contributed by atoms with Gasteiger partial charge < -0.3 is 19.4 Å². The Kier molecular flexibility index (Phi) is 3.67. The summed E-state index contributed by atoms with van der Waals surface area (Å²) in [6, 6.07) is 8.09. The van der Waals surface area contributed by atoms with Gasteiger partial charge >= 0.3 is 7.12 Å². The summed E-state index contributed by atoms with van der Waals surface area (Å²) >= 11 is 0. The molecule has 116 valence electrons. The van der Waals surface area contributed by atoms with E-state index in [0.717, 1.165) is 21.9 Å². The van der Waals surface area contributed by atoms with Gasteiger partial charge in [-0.15, -0.1) is 0 Å². The molecule has 22 heavy (non-hydrogen) atoms. The highest BCUT2D eigenvalue weighted by atomic mass is 16.7. The minimum atomic E-state index is -0.528. The summed E-state index contributed by atoms with van der Waals surface area (Å²) in [6.45, 7) is 7.93. The van der Waals surface area contributed by atoms with Gasteiger partial charge in [0.2, 0.25) is 0 Å². The third-order valence-corrected chi connectivity index (χ3v) is 4.70. The predicted octanol–water partition coefficient (Wildman–Crippen LogP) is 3.18. The summed E-state index contributed by atoms with van der Waals surface area (Å²) in [6.07, 6.45) is 3.86. The Bertz CT molecular complexity index is 702. The maximum Gasteiger partial charge on any atom is 0.492 e. The number of aliphatic hydroxyl groups is 1. The van der Waals surface area contributed by atoms with Crippen molar-refractivity contribution >= 4 is 24.1 Å². The van der Waals surface area contributed by atoms with Crippen LogP contribution >= 0.6 is 0 Å². The highest BCUT2D eigenvalue weighted by Gasteiger charge is 2.52. The van der Waals surface area contributed by atoms with Crippen LogP contribution in [0.25, 0.3) is 17.0 Å². The molecule has 0 unspecified atom stereocenters. The van der Waals surface area contributed by atoms with Crippen molar-refractivity contribution in [2.45, 2.75) is 38.9 Å². The third-order valence-electron chi connectivity index (χ3n) is 4.70. The molecule has 1 fully saturated rings. The zero-order valence-corrected chi connectivity index (χ0v) is 13.5. The summed E-state index contributed by atoms with van der Waals surface area (Å²) in [5.41, 5.74) is 1.96. The lowest BCUT2D eigenvalue weighted by Gasteiger charge is -2.32. The molecule has 1 saturated heterocycles. The van der Waals surface area contributed by atoms with Crippen molar-refractivity contribution in [2.75, 3.05) is 6.61 Å². The number of aromatic amines is 1. The molecule has 0 amide bonds. The van der Waals surface area contributed by atoms with E-state index < -0.39 is 18.3 Å². The number of benzene rings is 1. The van der Waals surface area contributed by atoms with Crippen LogP contribution in [0.15, 0.2) is 35.9 Å². The fraction of sp³-hybridized carbons (Fsp3) is 0.412. The number of H-pyrrole nitrogens is 1. The zero-order chi connectivity index (χ0) is 16.0. The Morgan fingerprint density at radius 1 is 1.18 bits per heavy atom. The summed E-state index contributed by atoms with van der Waals surface area (Å²) in [4.78, 5) is 3.23. The first-order chi connectivity index (χ1) is 10.3. The van der Waals surface area contributed by atoms with Crippen molar-refractivity contribution < 1.29 is 14.4 Å². The molecule has 0 radical (unpaired) electrons. The van der Waals surface area contributed by atoms with Gasteiger partial charge in [0.1, 0.15) is 0 Å². The molecule has 1 aromatic heterocycles. The monoisotopic (exact) mass is 299 g/mol. The average Bonchev–Trinajstić information content (AvgIpc) is 2.99. The van der Waals surface area contributed by atoms with E-state index >= 15 is 0 Å². The lowest BCUT2D eigenvalue weighted by atomic mass is 9.77. The minimum Gasteiger partial charge on any atom is -0.400 e. The van der Waals surface area contributed by atoms with Crippen LogP contribution in [0.4, 0.5) is 0 Å². The molecule has 0 bridgehead atoms. The largest absolute Gasteiger partial charge is 0.492 e. The van der Waals surface area contributed by atoms with E-state index in [4.69, 9.17) is 9.31 Å². The second kappa shape index (κ2) is 5.27. The molecule has 0 saturated carbocycles. The molecule has 2 N–H and O–H groups in total. The van der Waals surface area contributed by atoms with Gasteiger partial charge in [0.15, 0.2) is 0 Å². The van der Waals surface area contributed by atoms with Gasteiger partial charge in [0.05, 0.1) is 23.3 Å². The molecule has 0 spiro atoms. The Morgan fingerprint density at radius 3 is 2.50 bits per heavy atom. The number of para-hydroxylation sites is 1. The van der Waals surface area contributed by atoms with E-state index in [1.165, 1.54) is 0 Å². The molecule has 1 aliphatic heterocycles. The van der Waals surface area contributed by atoms with Crippen LogP contribution in [-0.2, 0) is 9.31 Å². The van der Waals surface area contributed by atoms with Gasteiger partial charge in [-0.25, -0.2) is 0 Å². The van der Waals surface area contributed by atoms with Gasteiger partial charge in [-0.2, -0.15) is 0 Å². The first-order valence-electron chi connectivity index (χ1n) is 7.57. The number of aliphatic hydroxyl groups excluding tert-OH is 1.